The van der Waals surface area contributed by atoms with Crippen molar-refractivity contribution in [2.24, 2.45) is 7.05 Å². The van der Waals surface area contributed by atoms with Crippen molar-refractivity contribution < 1.29 is 30.8 Å². The van der Waals surface area contributed by atoms with Crippen LogP contribution in [-0.2, 0) is 17.1 Å². The number of sulfonamides is 1. The van der Waals surface area contributed by atoms with E-state index in [-0.39, 0.29) is 16.3 Å². The van der Waals surface area contributed by atoms with Gasteiger partial charge in [0.15, 0.2) is 0 Å². The number of carbonyl (C=O) groups excluding carboxylic acids is 1. The molecular formula is C16H18F4N4O3S. The van der Waals surface area contributed by atoms with Gasteiger partial charge in [-0.15, -0.1) is 0 Å². The van der Waals surface area contributed by atoms with E-state index in [4.69, 9.17) is 0 Å². The predicted molar refractivity (Wildman–Crippen MR) is 93.0 cm³/mol. The second kappa shape index (κ2) is 7.87. The maximum atomic E-state index is 13.3. The standard InChI is InChI=1S/C16H18F4N4O3S/c1-9(16(2,19)20)23-28(26,27)11-7-13(24(3)8-11)15(25)22-10-4-5-21-12(6-10)14(17)18/h4-9,14,23H,1-3H3,(H,21,22,25)/t9-/m1/s1. The van der Waals surface area contributed by atoms with E-state index in [1.54, 1.807) is 0 Å². The summed E-state index contributed by atoms with van der Waals surface area (Å²) >= 11 is 0. The van der Waals surface area contributed by atoms with Crippen molar-refractivity contribution in [2.75, 3.05) is 5.32 Å². The number of nitrogens with zero attached hydrogens (tertiary/aromatic N) is 2. The fourth-order valence-corrected chi connectivity index (χ4v) is 3.52. The molecule has 2 N–H and O–H groups in total. The molecule has 0 unspecified atom stereocenters. The number of anilines is 1. The molecule has 0 aromatic carbocycles. The fourth-order valence-electron chi connectivity index (χ4n) is 2.15. The topological polar surface area (TPSA) is 93.1 Å². The molecule has 2 heterocycles. The molecule has 154 valence electrons. The van der Waals surface area contributed by atoms with Crippen LogP contribution in [0.3, 0.4) is 0 Å². The summed E-state index contributed by atoms with van der Waals surface area (Å²) in [5.74, 6) is -4.06. The van der Waals surface area contributed by atoms with Gasteiger partial charge in [0.2, 0.25) is 10.0 Å². The van der Waals surface area contributed by atoms with Crippen molar-refractivity contribution in [1.29, 1.82) is 0 Å². The Hall–Kier alpha value is -2.47. The Morgan fingerprint density at radius 1 is 1.29 bits per heavy atom. The molecule has 1 atom stereocenters. The van der Waals surface area contributed by atoms with Crippen molar-refractivity contribution in [3.63, 3.8) is 0 Å². The molecular weight excluding hydrogens is 404 g/mol. The summed E-state index contributed by atoms with van der Waals surface area (Å²) < 4.78 is 79.4. The smallest absolute Gasteiger partial charge is 0.280 e. The Kier molecular flexibility index (Phi) is 6.14. The molecule has 0 aliphatic heterocycles. The Bertz CT molecular complexity index is 971. The summed E-state index contributed by atoms with van der Waals surface area (Å²) in [6.45, 7) is 1.59. The van der Waals surface area contributed by atoms with Crippen LogP contribution in [0.25, 0.3) is 0 Å². The number of carbonyl (C=O) groups is 1. The quantitative estimate of drug-likeness (QED) is 0.671. The Balaban J connectivity index is 2.23. The summed E-state index contributed by atoms with van der Waals surface area (Å²) in [6.07, 6.45) is -0.656. The molecule has 0 saturated carbocycles. The third kappa shape index (κ3) is 5.07. The van der Waals surface area contributed by atoms with Crippen LogP contribution < -0.4 is 10.0 Å². The molecule has 0 bridgehead atoms. The number of nitrogens with one attached hydrogen (secondary N) is 2. The lowest BCUT2D eigenvalue weighted by Crippen LogP contribution is -2.43. The molecule has 12 heteroatoms. The van der Waals surface area contributed by atoms with Gasteiger partial charge in [0.25, 0.3) is 18.3 Å². The molecule has 28 heavy (non-hydrogen) atoms. The van der Waals surface area contributed by atoms with Crippen LogP contribution in [0.15, 0.2) is 35.5 Å². The SMILES string of the molecule is C[C@@H](NS(=O)(=O)c1cc(C(=O)Nc2ccnc(C(F)F)c2)n(C)c1)C(C)(F)F. The fraction of sp³-hybridized carbons (Fsp3) is 0.375. The molecule has 7 nitrogen and oxygen atoms in total. The molecule has 0 spiro atoms. The van der Waals surface area contributed by atoms with Gasteiger partial charge in [0, 0.05) is 32.1 Å². The minimum absolute atomic E-state index is 0.0401. The molecule has 1 amide bonds. The van der Waals surface area contributed by atoms with E-state index < -0.39 is 40.0 Å². The van der Waals surface area contributed by atoms with Crippen molar-refractivity contribution in [1.82, 2.24) is 14.3 Å². The van der Waals surface area contributed by atoms with E-state index in [2.05, 4.69) is 10.3 Å². The first-order valence-corrected chi connectivity index (χ1v) is 9.41. The van der Waals surface area contributed by atoms with Crippen molar-refractivity contribution in [3.8, 4) is 0 Å². The van der Waals surface area contributed by atoms with Gasteiger partial charge in [0.1, 0.15) is 16.3 Å². The predicted octanol–water partition coefficient (Wildman–Crippen LogP) is 2.93. The van der Waals surface area contributed by atoms with E-state index >= 15 is 0 Å². The number of halogens is 4. The number of rotatable bonds is 7. The highest BCUT2D eigenvalue weighted by atomic mass is 32.2. The second-order valence-electron chi connectivity index (χ2n) is 6.20. The van der Waals surface area contributed by atoms with E-state index in [1.807, 2.05) is 4.72 Å². The summed E-state index contributed by atoms with van der Waals surface area (Å²) in [7, 11) is -2.93. The van der Waals surface area contributed by atoms with Crippen molar-refractivity contribution in [3.05, 3.63) is 42.0 Å². The number of alkyl halides is 4. The van der Waals surface area contributed by atoms with Crippen LogP contribution >= 0.6 is 0 Å². The Labute approximate surface area is 158 Å². The van der Waals surface area contributed by atoms with Gasteiger partial charge >= 0.3 is 0 Å². The normalized spacial score (nSPS) is 13.6. The van der Waals surface area contributed by atoms with Crippen LogP contribution in [-0.4, -0.2) is 35.8 Å². The summed E-state index contributed by atoms with van der Waals surface area (Å²) in [5, 5.41) is 2.36. The van der Waals surface area contributed by atoms with Crippen LogP contribution in [0.5, 0.6) is 0 Å². The summed E-state index contributed by atoms with van der Waals surface area (Å²) in [4.78, 5) is 15.4. The van der Waals surface area contributed by atoms with Gasteiger partial charge < -0.3 is 9.88 Å². The summed E-state index contributed by atoms with van der Waals surface area (Å²) in [6, 6.07) is 1.60. The Morgan fingerprint density at radius 2 is 1.93 bits per heavy atom. The largest absolute Gasteiger partial charge is 0.345 e. The highest BCUT2D eigenvalue weighted by molar-refractivity contribution is 7.89. The average Bonchev–Trinajstić information content (AvgIpc) is 2.96. The Morgan fingerprint density at radius 3 is 2.50 bits per heavy atom. The first kappa shape index (κ1) is 21.8. The lowest BCUT2D eigenvalue weighted by molar-refractivity contribution is -0.00488. The zero-order valence-corrected chi connectivity index (χ0v) is 15.9. The molecule has 0 aliphatic carbocycles. The summed E-state index contributed by atoms with van der Waals surface area (Å²) in [5.41, 5.74) is -0.614. The minimum atomic E-state index is -4.31. The molecule has 0 fully saturated rings. The molecule has 0 aliphatic rings. The molecule has 0 saturated heterocycles. The third-order valence-electron chi connectivity index (χ3n) is 3.88. The van der Waals surface area contributed by atoms with Gasteiger partial charge in [-0.1, -0.05) is 0 Å². The van der Waals surface area contributed by atoms with Crippen LogP contribution in [0, 0.1) is 0 Å². The molecule has 0 radical (unpaired) electrons. The van der Waals surface area contributed by atoms with Gasteiger partial charge in [-0.25, -0.2) is 30.7 Å². The highest BCUT2D eigenvalue weighted by Gasteiger charge is 2.34. The monoisotopic (exact) mass is 422 g/mol. The lowest BCUT2D eigenvalue weighted by atomic mass is 10.2. The average molecular weight is 422 g/mol. The number of hydrogen-bond acceptors (Lipinski definition) is 4. The number of hydrogen-bond donors (Lipinski definition) is 2. The first-order chi connectivity index (χ1) is 12.8. The zero-order valence-electron chi connectivity index (χ0n) is 15.1. The van der Waals surface area contributed by atoms with E-state index in [0.717, 1.165) is 31.5 Å². The van der Waals surface area contributed by atoms with Gasteiger partial charge in [-0.3, -0.25) is 9.78 Å². The van der Waals surface area contributed by atoms with Gasteiger partial charge in [0.05, 0.1) is 6.04 Å². The van der Waals surface area contributed by atoms with Crippen LogP contribution in [0.1, 0.15) is 36.5 Å². The van der Waals surface area contributed by atoms with Crippen LogP contribution in [0.2, 0.25) is 0 Å². The van der Waals surface area contributed by atoms with Crippen molar-refractivity contribution in [2.45, 2.75) is 37.1 Å². The maximum Gasteiger partial charge on any atom is 0.280 e. The van der Waals surface area contributed by atoms with Crippen molar-refractivity contribution >= 4 is 21.6 Å². The maximum absolute atomic E-state index is 13.3. The molecule has 2 rings (SSSR count). The second-order valence-corrected chi connectivity index (χ2v) is 7.91. The zero-order chi connectivity index (χ0) is 21.3. The first-order valence-electron chi connectivity index (χ1n) is 7.93. The van der Waals surface area contributed by atoms with E-state index in [1.165, 1.54) is 17.7 Å². The molecule has 2 aromatic heterocycles. The minimum Gasteiger partial charge on any atom is -0.345 e. The molecule has 2 aromatic rings. The number of amides is 1. The van der Waals surface area contributed by atoms with Gasteiger partial charge in [-0.05, 0) is 25.1 Å². The van der Waals surface area contributed by atoms with E-state index in [9.17, 15) is 30.8 Å². The lowest BCUT2D eigenvalue weighted by Gasteiger charge is -2.20. The number of pyridine rings is 1. The number of aromatic nitrogens is 2. The van der Waals surface area contributed by atoms with Gasteiger partial charge in [-0.2, -0.15) is 0 Å². The third-order valence-corrected chi connectivity index (χ3v) is 5.39. The van der Waals surface area contributed by atoms with Crippen LogP contribution in [0.4, 0.5) is 23.2 Å². The number of aryl methyl sites for hydroxylation is 1. The highest BCUT2D eigenvalue weighted by Crippen LogP contribution is 2.22. The van der Waals surface area contributed by atoms with E-state index in [0.29, 0.717) is 6.92 Å².